The predicted octanol–water partition coefficient (Wildman–Crippen LogP) is 6.68. The van der Waals surface area contributed by atoms with E-state index in [4.69, 9.17) is 0 Å². The first kappa shape index (κ1) is 15.2. The molecule has 0 saturated carbocycles. The van der Waals surface area contributed by atoms with Crippen LogP contribution in [0.3, 0.4) is 0 Å². The summed E-state index contributed by atoms with van der Waals surface area (Å²) in [5.74, 6) is 0. The molecule has 0 spiro atoms. The van der Waals surface area contributed by atoms with Gasteiger partial charge in [0.25, 0.3) is 0 Å². The van der Waals surface area contributed by atoms with E-state index in [1.165, 1.54) is 44.5 Å². The van der Waals surface area contributed by atoms with Crippen molar-refractivity contribution < 1.29 is 0 Å². The standard InChI is InChI=1S/C26H20/c1-2-14-23-21-12-6-4-10-19(21)18-20-11-5-7-13-22(20)24-16-8-9-17-26(24)25(23)15-3-1/h1-2,4-17H,3,18H2. The first-order valence-electron chi connectivity index (χ1n) is 9.25. The van der Waals surface area contributed by atoms with Crippen LogP contribution in [-0.4, -0.2) is 0 Å². The molecule has 0 atom stereocenters. The van der Waals surface area contributed by atoms with Gasteiger partial charge in [-0.2, -0.15) is 0 Å². The van der Waals surface area contributed by atoms with Crippen molar-refractivity contribution in [2.75, 3.05) is 0 Å². The van der Waals surface area contributed by atoms with Crippen LogP contribution < -0.4 is 0 Å². The normalized spacial score (nSPS) is 14.9. The summed E-state index contributed by atoms with van der Waals surface area (Å²) in [7, 11) is 0. The average molecular weight is 332 g/mol. The van der Waals surface area contributed by atoms with Gasteiger partial charge in [0.05, 0.1) is 0 Å². The largest absolute Gasteiger partial charge is 0.0807 e. The van der Waals surface area contributed by atoms with E-state index in [9.17, 15) is 0 Å². The van der Waals surface area contributed by atoms with Gasteiger partial charge in [-0.15, -0.1) is 0 Å². The lowest BCUT2D eigenvalue weighted by molar-refractivity contribution is 1.19. The maximum Gasteiger partial charge on any atom is -0.00135 e. The molecule has 124 valence electrons. The highest BCUT2D eigenvalue weighted by Crippen LogP contribution is 2.42. The smallest absolute Gasteiger partial charge is 0.00135 e. The molecule has 5 rings (SSSR count). The summed E-state index contributed by atoms with van der Waals surface area (Å²) in [6.45, 7) is 0. The van der Waals surface area contributed by atoms with Crippen LogP contribution in [-0.2, 0) is 6.42 Å². The van der Waals surface area contributed by atoms with Crippen molar-refractivity contribution in [3.63, 3.8) is 0 Å². The molecule has 26 heavy (non-hydrogen) atoms. The van der Waals surface area contributed by atoms with Gasteiger partial charge in [-0.3, -0.25) is 0 Å². The van der Waals surface area contributed by atoms with Crippen molar-refractivity contribution in [2.24, 2.45) is 0 Å². The van der Waals surface area contributed by atoms with Crippen molar-refractivity contribution in [3.8, 4) is 11.1 Å². The van der Waals surface area contributed by atoms with E-state index in [1.54, 1.807) is 0 Å². The maximum atomic E-state index is 2.37. The average Bonchev–Trinajstić information content (AvgIpc) is 2.92. The monoisotopic (exact) mass is 332 g/mol. The molecule has 3 aromatic rings. The topological polar surface area (TPSA) is 0 Å². The minimum atomic E-state index is 0.953. The number of allylic oxidation sites excluding steroid dienone is 6. The molecule has 0 N–H and O–H groups in total. The molecule has 2 aliphatic carbocycles. The van der Waals surface area contributed by atoms with Gasteiger partial charge < -0.3 is 0 Å². The van der Waals surface area contributed by atoms with E-state index >= 15 is 0 Å². The van der Waals surface area contributed by atoms with Crippen LogP contribution in [0, 0.1) is 0 Å². The quantitative estimate of drug-likeness (QED) is 0.430. The van der Waals surface area contributed by atoms with E-state index in [0.29, 0.717) is 0 Å². The predicted molar refractivity (Wildman–Crippen MR) is 111 cm³/mol. The second kappa shape index (κ2) is 6.31. The Kier molecular flexibility index (Phi) is 3.68. The summed E-state index contributed by atoms with van der Waals surface area (Å²) < 4.78 is 0. The minimum absolute atomic E-state index is 0.953. The Labute approximate surface area is 154 Å². The maximum absolute atomic E-state index is 2.37. The fourth-order valence-corrected chi connectivity index (χ4v) is 4.15. The van der Waals surface area contributed by atoms with Gasteiger partial charge in [-0.25, -0.2) is 0 Å². The van der Waals surface area contributed by atoms with Crippen molar-refractivity contribution in [1.29, 1.82) is 0 Å². The van der Waals surface area contributed by atoms with Gasteiger partial charge in [0.15, 0.2) is 0 Å². The summed E-state index contributed by atoms with van der Waals surface area (Å²) in [4.78, 5) is 0. The van der Waals surface area contributed by atoms with Gasteiger partial charge in [-0.05, 0) is 57.4 Å². The van der Waals surface area contributed by atoms with Gasteiger partial charge in [0.2, 0.25) is 0 Å². The zero-order chi connectivity index (χ0) is 17.3. The van der Waals surface area contributed by atoms with Crippen LogP contribution in [0.15, 0.2) is 97.1 Å². The molecule has 0 radical (unpaired) electrons. The molecular formula is C26H20. The Hall–Kier alpha value is -3.12. The second-order valence-corrected chi connectivity index (χ2v) is 6.90. The van der Waals surface area contributed by atoms with Crippen molar-refractivity contribution in [1.82, 2.24) is 0 Å². The van der Waals surface area contributed by atoms with Gasteiger partial charge in [0, 0.05) is 0 Å². The van der Waals surface area contributed by atoms with Gasteiger partial charge >= 0.3 is 0 Å². The first-order valence-corrected chi connectivity index (χ1v) is 9.25. The summed E-state index contributed by atoms with van der Waals surface area (Å²) in [6.07, 6.45) is 11.0. The van der Waals surface area contributed by atoms with E-state index in [2.05, 4.69) is 97.1 Å². The molecule has 0 fully saturated rings. The van der Waals surface area contributed by atoms with E-state index in [1.807, 2.05) is 0 Å². The Balaban J connectivity index is 1.90. The molecule has 0 nitrogen and oxygen atoms in total. The highest BCUT2D eigenvalue weighted by molar-refractivity contribution is 6.09. The Bertz CT molecular complexity index is 1080. The van der Waals surface area contributed by atoms with Crippen LogP contribution >= 0.6 is 0 Å². The van der Waals surface area contributed by atoms with E-state index in [-0.39, 0.29) is 0 Å². The highest BCUT2D eigenvalue weighted by Gasteiger charge is 2.21. The summed E-state index contributed by atoms with van der Waals surface area (Å²) in [6, 6.07) is 26.5. The molecule has 0 unspecified atom stereocenters. The van der Waals surface area contributed by atoms with Crippen molar-refractivity contribution in [2.45, 2.75) is 12.8 Å². The molecule has 0 bridgehead atoms. The van der Waals surface area contributed by atoms with E-state index < -0.39 is 0 Å². The summed E-state index contributed by atoms with van der Waals surface area (Å²) >= 11 is 0. The van der Waals surface area contributed by atoms with Crippen molar-refractivity contribution >= 4 is 11.1 Å². The number of hydrogen-bond acceptors (Lipinski definition) is 0. The molecule has 2 aliphatic rings. The molecule has 0 heterocycles. The van der Waals surface area contributed by atoms with Crippen LogP contribution in [0.4, 0.5) is 0 Å². The minimum Gasteiger partial charge on any atom is -0.0807 e. The summed E-state index contributed by atoms with van der Waals surface area (Å²) in [5.41, 5.74) is 10.8. The Morgan fingerprint density at radius 1 is 0.538 bits per heavy atom. The molecule has 0 amide bonds. The molecule has 0 aromatic heterocycles. The number of hydrogen-bond donors (Lipinski definition) is 0. The lowest BCUT2D eigenvalue weighted by atomic mass is 9.87. The molecule has 3 aromatic carbocycles. The van der Waals surface area contributed by atoms with E-state index in [0.717, 1.165) is 12.8 Å². The highest BCUT2D eigenvalue weighted by atomic mass is 14.2. The number of rotatable bonds is 0. The molecule has 0 heteroatoms. The Morgan fingerprint density at radius 3 is 1.96 bits per heavy atom. The molecular weight excluding hydrogens is 312 g/mol. The van der Waals surface area contributed by atoms with Gasteiger partial charge in [0.1, 0.15) is 0 Å². The van der Waals surface area contributed by atoms with Gasteiger partial charge in [-0.1, -0.05) is 97.1 Å². The lowest BCUT2D eigenvalue weighted by Gasteiger charge is -2.16. The lowest BCUT2D eigenvalue weighted by Crippen LogP contribution is -1.96. The van der Waals surface area contributed by atoms with Crippen LogP contribution in [0.1, 0.15) is 28.7 Å². The van der Waals surface area contributed by atoms with Crippen LogP contribution in [0.2, 0.25) is 0 Å². The van der Waals surface area contributed by atoms with Crippen LogP contribution in [0.5, 0.6) is 0 Å². The third kappa shape index (κ3) is 2.46. The van der Waals surface area contributed by atoms with Crippen molar-refractivity contribution in [3.05, 3.63) is 119 Å². The van der Waals surface area contributed by atoms with Crippen LogP contribution in [0.25, 0.3) is 22.3 Å². The molecule has 0 saturated heterocycles. The third-order valence-corrected chi connectivity index (χ3v) is 5.36. The fraction of sp³-hybridized carbons (Fsp3) is 0.0769. The second-order valence-electron chi connectivity index (χ2n) is 6.90. The third-order valence-electron chi connectivity index (χ3n) is 5.36. The molecule has 0 aliphatic heterocycles. The number of fused-ring (bicyclic) bond motifs is 7. The zero-order valence-electron chi connectivity index (χ0n) is 14.7. The zero-order valence-corrected chi connectivity index (χ0v) is 14.7. The first-order chi connectivity index (χ1) is 12.9. The SMILES string of the molecule is C1=CCC=C2C(=C1)c1ccccc1Cc1ccccc1-c1ccccc12. The summed E-state index contributed by atoms with van der Waals surface area (Å²) in [5, 5.41) is 0. The Morgan fingerprint density at radius 2 is 1.15 bits per heavy atom. The fourth-order valence-electron chi connectivity index (χ4n) is 4.15. The number of benzene rings is 3.